The second kappa shape index (κ2) is 3.29. The summed E-state index contributed by atoms with van der Waals surface area (Å²) < 4.78 is 5.30. The third kappa shape index (κ3) is 1.26. The predicted octanol–water partition coefficient (Wildman–Crippen LogP) is 0.575. The van der Waals surface area contributed by atoms with Crippen LogP contribution in [0.3, 0.4) is 0 Å². The maximum Gasteiger partial charge on any atom is 0.108 e. The molecule has 2 N–H and O–H groups in total. The molecule has 0 amide bonds. The van der Waals surface area contributed by atoms with Gasteiger partial charge in [0.05, 0.1) is 6.26 Å². The number of nitrogens with one attached hydrogen (secondary N) is 1. The molecule has 3 heteroatoms. The van der Waals surface area contributed by atoms with Crippen LogP contribution in [-0.4, -0.2) is 24.8 Å². The summed E-state index contributed by atoms with van der Waals surface area (Å²) in [6.07, 6.45) is 1.68. The van der Waals surface area contributed by atoms with E-state index in [0.29, 0.717) is 11.8 Å². The molecule has 1 aliphatic heterocycles. The zero-order chi connectivity index (χ0) is 8.39. The van der Waals surface area contributed by atoms with Crippen LogP contribution in [0.15, 0.2) is 22.8 Å². The summed E-state index contributed by atoms with van der Waals surface area (Å²) in [5, 5.41) is 12.3. The van der Waals surface area contributed by atoms with Crippen molar-refractivity contribution in [3.8, 4) is 0 Å². The topological polar surface area (TPSA) is 45.4 Å². The molecule has 0 bridgehead atoms. The van der Waals surface area contributed by atoms with Crippen molar-refractivity contribution in [2.75, 3.05) is 19.7 Å². The lowest BCUT2D eigenvalue weighted by Gasteiger charge is -2.12. The minimum Gasteiger partial charge on any atom is -0.469 e. The lowest BCUT2D eigenvalue weighted by molar-refractivity contribution is 0.218. The Kier molecular flexibility index (Phi) is 2.15. The second-order valence-corrected chi connectivity index (χ2v) is 3.22. The van der Waals surface area contributed by atoms with Gasteiger partial charge in [-0.1, -0.05) is 0 Å². The Morgan fingerprint density at radius 3 is 3.17 bits per heavy atom. The zero-order valence-electron chi connectivity index (χ0n) is 6.86. The molecule has 12 heavy (non-hydrogen) atoms. The molecule has 0 aromatic carbocycles. The number of hydrogen-bond donors (Lipinski definition) is 2. The first-order valence-corrected chi connectivity index (χ1v) is 4.27. The number of rotatable bonds is 2. The van der Waals surface area contributed by atoms with E-state index in [2.05, 4.69) is 5.32 Å². The van der Waals surface area contributed by atoms with Gasteiger partial charge in [0.2, 0.25) is 0 Å². The standard InChI is InChI=1S/C9H13NO2/c11-6-7-4-10-5-8(7)9-2-1-3-12-9/h1-3,7-8,10-11H,4-6H2/t7-,8-/m1/s1. The Labute approximate surface area is 71.4 Å². The van der Waals surface area contributed by atoms with E-state index < -0.39 is 0 Å². The highest BCUT2D eigenvalue weighted by Crippen LogP contribution is 2.27. The van der Waals surface area contributed by atoms with Gasteiger partial charge in [-0.2, -0.15) is 0 Å². The van der Waals surface area contributed by atoms with E-state index >= 15 is 0 Å². The van der Waals surface area contributed by atoms with Gasteiger partial charge >= 0.3 is 0 Å². The van der Waals surface area contributed by atoms with Crippen LogP contribution in [0.2, 0.25) is 0 Å². The van der Waals surface area contributed by atoms with Crippen molar-refractivity contribution in [1.29, 1.82) is 0 Å². The summed E-state index contributed by atoms with van der Waals surface area (Å²) in [6, 6.07) is 3.86. The summed E-state index contributed by atoms with van der Waals surface area (Å²) in [5.74, 6) is 1.65. The molecule has 0 spiro atoms. The molecule has 3 nitrogen and oxygen atoms in total. The Hall–Kier alpha value is -0.800. The van der Waals surface area contributed by atoms with Gasteiger partial charge in [-0.3, -0.25) is 0 Å². The molecule has 1 aromatic rings. The molecule has 1 aromatic heterocycles. The quantitative estimate of drug-likeness (QED) is 0.677. The van der Waals surface area contributed by atoms with Crippen LogP contribution >= 0.6 is 0 Å². The third-order valence-corrected chi connectivity index (χ3v) is 2.48. The van der Waals surface area contributed by atoms with Crippen LogP contribution in [0, 0.1) is 5.92 Å². The largest absolute Gasteiger partial charge is 0.469 e. The van der Waals surface area contributed by atoms with Crippen molar-refractivity contribution in [2.24, 2.45) is 5.92 Å². The molecule has 2 heterocycles. The van der Waals surface area contributed by atoms with Crippen molar-refractivity contribution in [1.82, 2.24) is 5.32 Å². The van der Waals surface area contributed by atoms with E-state index in [-0.39, 0.29) is 6.61 Å². The van der Waals surface area contributed by atoms with Gasteiger partial charge in [0, 0.05) is 31.5 Å². The Bertz CT molecular complexity index is 233. The van der Waals surface area contributed by atoms with Crippen LogP contribution in [0.25, 0.3) is 0 Å². The molecule has 0 unspecified atom stereocenters. The average Bonchev–Trinajstić information content (AvgIpc) is 2.74. The monoisotopic (exact) mass is 167 g/mol. The lowest BCUT2D eigenvalue weighted by Crippen LogP contribution is -2.14. The molecule has 1 fully saturated rings. The molecule has 0 radical (unpaired) electrons. The summed E-state index contributed by atoms with van der Waals surface area (Å²) >= 11 is 0. The number of furan rings is 1. The first-order valence-electron chi connectivity index (χ1n) is 4.27. The highest BCUT2D eigenvalue weighted by molar-refractivity contribution is 5.10. The molecular formula is C9H13NO2. The normalized spacial score (nSPS) is 29.4. The molecule has 66 valence electrons. The van der Waals surface area contributed by atoms with E-state index in [0.717, 1.165) is 18.8 Å². The SMILES string of the molecule is OC[C@H]1CNC[C@H]1c1ccco1. The van der Waals surface area contributed by atoms with E-state index in [4.69, 9.17) is 9.52 Å². The Morgan fingerprint density at radius 2 is 2.50 bits per heavy atom. The number of aliphatic hydroxyl groups is 1. The predicted molar refractivity (Wildman–Crippen MR) is 44.9 cm³/mol. The van der Waals surface area contributed by atoms with Gasteiger partial charge in [-0.15, -0.1) is 0 Å². The van der Waals surface area contributed by atoms with E-state index in [1.165, 1.54) is 0 Å². The van der Waals surface area contributed by atoms with Crippen molar-refractivity contribution >= 4 is 0 Å². The molecule has 1 aliphatic rings. The van der Waals surface area contributed by atoms with Crippen molar-refractivity contribution < 1.29 is 9.52 Å². The molecule has 1 saturated heterocycles. The van der Waals surface area contributed by atoms with Crippen LogP contribution in [-0.2, 0) is 0 Å². The van der Waals surface area contributed by atoms with E-state index in [9.17, 15) is 0 Å². The summed E-state index contributed by atoms with van der Waals surface area (Å²) in [5.41, 5.74) is 0. The molecule has 2 rings (SSSR count). The third-order valence-electron chi connectivity index (χ3n) is 2.48. The lowest BCUT2D eigenvalue weighted by atomic mass is 9.95. The van der Waals surface area contributed by atoms with Gasteiger partial charge in [-0.25, -0.2) is 0 Å². The minimum absolute atomic E-state index is 0.234. The highest BCUT2D eigenvalue weighted by atomic mass is 16.3. The fourth-order valence-electron chi connectivity index (χ4n) is 1.76. The molecular weight excluding hydrogens is 154 g/mol. The van der Waals surface area contributed by atoms with Gasteiger partial charge in [0.25, 0.3) is 0 Å². The van der Waals surface area contributed by atoms with Crippen LogP contribution in [0.1, 0.15) is 11.7 Å². The van der Waals surface area contributed by atoms with E-state index in [1.54, 1.807) is 6.26 Å². The minimum atomic E-state index is 0.234. The first-order chi connectivity index (χ1) is 5.92. The molecule has 0 saturated carbocycles. The van der Waals surface area contributed by atoms with Crippen molar-refractivity contribution in [3.63, 3.8) is 0 Å². The number of hydrogen-bond acceptors (Lipinski definition) is 3. The zero-order valence-corrected chi connectivity index (χ0v) is 6.86. The summed E-state index contributed by atoms with van der Waals surface area (Å²) in [7, 11) is 0. The fourth-order valence-corrected chi connectivity index (χ4v) is 1.76. The smallest absolute Gasteiger partial charge is 0.108 e. The Balaban J connectivity index is 2.13. The maximum absolute atomic E-state index is 9.05. The first kappa shape index (κ1) is 7.83. The Morgan fingerprint density at radius 1 is 1.58 bits per heavy atom. The van der Waals surface area contributed by atoms with Gasteiger partial charge < -0.3 is 14.8 Å². The van der Waals surface area contributed by atoms with Crippen molar-refractivity contribution in [2.45, 2.75) is 5.92 Å². The average molecular weight is 167 g/mol. The van der Waals surface area contributed by atoms with Crippen LogP contribution < -0.4 is 5.32 Å². The molecule has 2 atom stereocenters. The van der Waals surface area contributed by atoms with Gasteiger partial charge in [-0.05, 0) is 12.1 Å². The van der Waals surface area contributed by atoms with Crippen LogP contribution in [0.5, 0.6) is 0 Å². The highest BCUT2D eigenvalue weighted by Gasteiger charge is 2.29. The van der Waals surface area contributed by atoms with Gasteiger partial charge in [0.15, 0.2) is 0 Å². The van der Waals surface area contributed by atoms with Gasteiger partial charge in [0.1, 0.15) is 5.76 Å². The molecule has 0 aliphatic carbocycles. The summed E-state index contributed by atoms with van der Waals surface area (Å²) in [6.45, 7) is 2.04. The number of aliphatic hydroxyl groups excluding tert-OH is 1. The maximum atomic E-state index is 9.05. The fraction of sp³-hybridized carbons (Fsp3) is 0.556. The second-order valence-electron chi connectivity index (χ2n) is 3.22. The van der Waals surface area contributed by atoms with Crippen LogP contribution in [0.4, 0.5) is 0 Å². The van der Waals surface area contributed by atoms with Crippen molar-refractivity contribution in [3.05, 3.63) is 24.2 Å². The van der Waals surface area contributed by atoms with E-state index in [1.807, 2.05) is 12.1 Å². The summed E-state index contributed by atoms with van der Waals surface area (Å²) in [4.78, 5) is 0.